The summed E-state index contributed by atoms with van der Waals surface area (Å²) in [4.78, 5) is 30.1. The molecule has 0 saturated carbocycles. The number of likely N-dealkylation sites (tertiary alicyclic amines) is 1. The largest absolute Gasteiger partial charge is 0.350 e. The van der Waals surface area contributed by atoms with E-state index < -0.39 is 0 Å². The van der Waals surface area contributed by atoms with Gasteiger partial charge in [-0.1, -0.05) is 58.9 Å². The number of nitrogens with zero attached hydrogens (tertiary/aromatic N) is 2. The zero-order valence-electron chi connectivity index (χ0n) is 21.1. The molecule has 1 aromatic heterocycles. The molecular weight excluding hydrogens is 432 g/mol. The summed E-state index contributed by atoms with van der Waals surface area (Å²) in [6.07, 6.45) is 2.40. The molecular formula is C26H40N4O2S. The molecule has 33 heavy (non-hydrogen) atoms. The second-order valence-corrected chi connectivity index (χ2v) is 10.9. The molecule has 0 aliphatic carbocycles. The van der Waals surface area contributed by atoms with Crippen molar-refractivity contribution in [2.75, 3.05) is 6.54 Å². The number of aromatic nitrogens is 1. The van der Waals surface area contributed by atoms with Crippen LogP contribution in [0.5, 0.6) is 0 Å². The minimum Gasteiger partial charge on any atom is -0.350 e. The number of amides is 2. The van der Waals surface area contributed by atoms with Gasteiger partial charge in [0.1, 0.15) is 6.04 Å². The third kappa shape index (κ3) is 8.23. The first-order valence-electron chi connectivity index (χ1n) is 11.8. The molecule has 1 aliphatic rings. The highest BCUT2D eigenvalue weighted by molar-refractivity contribution is 7.13. The van der Waals surface area contributed by atoms with Gasteiger partial charge in [-0.2, -0.15) is 0 Å². The van der Waals surface area contributed by atoms with Crippen molar-refractivity contribution >= 4 is 23.7 Å². The molecule has 2 heterocycles. The molecule has 2 atom stereocenters. The number of nitrogens with one attached hydrogen (secondary N) is 2. The summed E-state index contributed by atoms with van der Waals surface area (Å²) in [5.41, 5.74) is 5.44. The van der Waals surface area contributed by atoms with Crippen LogP contribution in [0.1, 0.15) is 65.6 Å². The summed E-state index contributed by atoms with van der Waals surface area (Å²) in [5, 5.41) is 6.40. The van der Waals surface area contributed by atoms with Crippen molar-refractivity contribution in [3.05, 3.63) is 41.0 Å². The summed E-state index contributed by atoms with van der Waals surface area (Å²) in [6.45, 7) is 16.5. The fourth-order valence-corrected chi connectivity index (χ4v) is 4.42. The van der Waals surface area contributed by atoms with Crippen LogP contribution in [-0.2, 0) is 16.1 Å². The van der Waals surface area contributed by atoms with Gasteiger partial charge in [-0.15, -0.1) is 11.3 Å². The second-order valence-electron chi connectivity index (χ2n) is 10.1. The van der Waals surface area contributed by atoms with E-state index in [1.807, 2.05) is 24.6 Å². The average Bonchev–Trinajstić information content (AvgIpc) is 3.40. The Morgan fingerprint density at radius 3 is 2.39 bits per heavy atom. The summed E-state index contributed by atoms with van der Waals surface area (Å²) < 4.78 is 0. The first-order chi connectivity index (χ1) is 15.5. The summed E-state index contributed by atoms with van der Waals surface area (Å²) in [7, 11) is 0. The SMILES string of the molecule is CC(C)NC(C)C(C)(C)C.Cc1ncsc1-c1ccc(CNC(=O)C2CCCN2C=O)cc1. The molecule has 2 unspecified atom stereocenters. The fraction of sp³-hybridized carbons (Fsp3) is 0.577. The smallest absolute Gasteiger partial charge is 0.243 e. The Morgan fingerprint density at radius 1 is 1.24 bits per heavy atom. The van der Waals surface area contributed by atoms with Gasteiger partial charge in [0, 0.05) is 25.2 Å². The van der Waals surface area contributed by atoms with Gasteiger partial charge in [-0.05, 0) is 43.2 Å². The Labute approximate surface area is 203 Å². The van der Waals surface area contributed by atoms with Gasteiger partial charge in [0.05, 0.1) is 16.1 Å². The maximum Gasteiger partial charge on any atom is 0.243 e. The number of carbonyl (C=O) groups excluding carboxylic acids is 2. The second kappa shape index (κ2) is 12.3. The molecule has 0 radical (unpaired) electrons. The Hall–Kier alpha value is -2.25. The molecule has 2 amide bonds. The van der Waals surface area contributed by atoms with Gasteiger partial charge in [0.25, 0.3) is 0 Å². The zero-order valence-corrected chi connectivity index (χ0v) is 22.0. The zero-order chi connectivity index (χ0) is 24.6. The minimum atomic E-state index is -0.313. The monoisotopic (exact) mass is 472 g/mol. The summed E-state index contributed by atoms with van der Waals surface area (Å²) in [6, 6.07) is 9.00. The molecule has 182 valence electrons. The Bertz CT molecular complexity index is 886. The number of benzene rings is 1. The fourth-order valence-electron chi connectivity index (χ4n) is 3.61. The lowest BCUT2D eigenvalue weighted by Crippen LogP contribution is -2.42. The van der Waals surface area contributed by atoms with Gasteiger partial charge in [-0.25, -0.2) is 4.98 Å². The maximum absolute atomic E-state index is 12.2. The van der Waals surface area contributed by atoms with Gasteiger partial charge in [0.2, 0.25) is 12.3 Å². The van der Waals surface area contributed by atoms with E-state index in [4.69, 9.17) is 0 Å². The third-order valence-electron chi connectivity index (χ3n) is 6.04. The van der Waals surface area contributed by atoms with Crippen molar-refractivity contribution in [1.29, 1.82) is 0 Å². The Balaban J connectivity index is 0.000000328. The van der Waals surface area contributed by atoms with Crippen LogP contribution in [-0.4, -0.2) is 46.9 Å². The van der Waals surface area contributed by atoms with E-state index in [1.165, 1.54) is 4.88 Å². The lowest BCUT2D eigenvalue weighted by molar-refractivity contribution is -0.131. The Morgan fingerprint density at radius 2 is 1.91 bits per heavy atom. The van der Waals surface area contributed by atoms with Crippen LogP contribution in [0.2, 0.25) is 0 Å². The molecule has 1 fully saturated rings. The standard InChI is InChI=1S/C17H19N3O2S.C9H21N/c1-12-16(23-10-19-12)14-6-4-13(5-7-14)9-18-17(22)15-3-2-8-20(15)11-21;1-7(2)10-8(3)9(4,5)6/h4-7,10-11,15H,2-3,8-9H2,1H3,(H,18,22);7-8,10H,1-6H3. The van der Waals surface area contributed by atoms with Crippen molar-refractivity contribution in [2.45, 2.75) is 86.0 Å². The van der Waals surface area contributed by atoms with Crippen LogP contribution >= 0.6 is 11.3 Å². The predicted octanol–water partition coefficient (Wildman–Crippen LogP) is 4.77. The normalized spacial score (nSPS) is 16.8. The number of hydrogen-bond donors (Lipinski definition) is 2. The molecule has 6 nitrogen and oxygen atoms in total. The van der Waals surface area contributed by atoms with E-state index in [-0.39, 0.29) is 11.9 Å². The van der Waals surface area contributed by atoms with E-state index in [2.05, 4.69) is 69.3 Å². The lowest BCUT2D eigenvalue weighted by atomic mass is 9.88. The molecule has 2 N–H and O–H groups in total. The minimum absolute atomic E-state index is 0.0722. The maximum atomic E-state index is 12.2. The molecule has 0 spiro atoms. The lowest BCUT2D eigenvalue weighted by Gasteiger charge is -2.29. The Kier molecular flexibility index (Phi) is 10.0. The highest BCUT2D eigenvalue weighted by Gasteiger charge is 2.29. The molecule has 2 aromatic rings. The summed E-state index contributed by atoms with van der Waals surface area (Å²) >= 11 is 1.63. The van der Waals surface area contributed by atoms with Crippen LogP contribution < -0.4 is 10.6 Å². The van der Waals surface area contributed by atoms with Gasteiger partial charge in [-0.3, -0.25) is 9.59 Å². The van der Waals surface area contributed by atoms with E-state index in [1.54, 1.807) is 16.2 Å². The van der Waals surface area contributed by atoms with Gasteiger partial charge >= 0.3 is 0 Å². The number of rotatable bonds is 7. The number of thiazole rings is 1. The highest BCUT2D eigenvalue weighted by Crippen LogP contribution is 2.27. The number of hydrogen-bond acceptors (Lipinski definition) is 5. The van der Waals surface area contributed by atoms with Gasteiger partial charge < -0.3 is 15.5 Å². The first kappa shape index (κ1) is 27.0. The highest BCUT2D eigenvalue weighted by atomic mass is 32.1. The summed E-state index contributed by atoms with van der Waals surface area (Å²) in [5.74, 6) is -0.0722. The number of aryl methyl sites for hydroxylation is 1. The molecule has 1 aliphatic heterocycles. The van der Waals surface area contributed by atoms with Crippen LogP contribution in [0.15, 0.2) is 29.8 Å². The predicted molar refractivity (Wildman–Crippen MR) is 137 cm³/mol. The van der Waals surface area contributed by atoms with Crippen LogP contribution in [0.3, 0.4) is 0 Å². The van der Waals surface area contributed by atoms with Gasteiger partial charge in [0.15, 0.2) is 0 Å². The number of carbonyl (C=O) groups is 2. The van der Waals surface area contributed by atoms with Crippen LogP contribution in [0, 0.1) is 12.3 Å². The van der Waals surface area contributed by atoms with E-state index in [9.17, 15) is 9.59 Å². The topological polar surface area (TPSA) is 74.3 Å². The van der Waals surface area contributed by atoms with Crippen molar-refractivity contribution < 1.29 is 9.59 Å². The van der Waals surface area contributed by atoms with E-state index in [0.29, 0.717) is 30.6 Å². The van der Waals surface area contributed by atoms with Crippen molar-refractivity contribution in [1.82, 2.24) is 20.5 Å². The van der Waals surface area contributed by atoms with Crippen molar-refractivity contribution in [3.63, 3.8) is 0 Å². The molecule has 7 heteroatoms. The van der Waals surface area contributed by atoms with Crippen molar-refractivity contribution in [3.8, 4) is 10.4 Å². The molecule has 1 saturated heterocycles. The van der Waals surface area contributed by atoms with E-state index >= 15 is 0 Å². The quantitative estimate of drug-likeness (QED) is 0.569. The van der Waals surface area contributed by atoms with Crippen LogP contribution in [0.25, 0.3) is 10.4 Å². The first-order valence-corrected chi connectivity index (χ1v) is 12.6. The average molecular weight is 473 g/mol. The van der Waals surface area contributed by atoms with Crippen LogP contribution in [0.4, 0.5) is 0 Å². The third-order valence-corrected chi connectivity index (χ3v) is 7.02. The van der Waals surface area contributed by atoms with E-state index in [0.717, 1.165) is 36.1 Å². The van der Waals surface area contributed by atoms with Crippen molar-refractivity contribution in [2.24, 2.45) is 5.41 Å². The molecule has 3 rings (SSSR count). The molecule has 0 bridgehead atoms. The molecule has 1 aromatic carbocycles.